The summed E-state index contributed by atoms with van der Waals surface area (Å²) in [5.41, 5.74) is 0. The molecule has 92 valence electrons. The fraction of sp³-hybridized carbons (Fsp3) is 1.00. The third kappa shape index (κ3) is 3.65. The smallest absolute Gasteiger partial charge is 0.181 e. The van der Waals surface area contributed by atoms with Crippen LogP contribution >= 0.6 is 7.94 Å². The molecule has 0 radical (unpaired) electrons. The van der Waals surface area contributed by atoms with Crippen LogP contribution in [0.25, 0.3) is 0 Å². The van der Waals surface area contributed by atoms with Crippen LogP contribution in [-0.2, 0) is 4.52 Å². The lowest BCUT2D eigenvalue weighted by Crippen LogP contribution is -2.37. The van der Waals surface area contributed by atoms with E-state index in [1.54, 1.807) is 0 Å². The summed E-state index contributed by atoms with van der Waals surface area (Å²) >= 11 is 0. The lowest BCUT2D eigenvalue weighted by molar-refractivity contribution is 0.235. The van der Waals surface area contributed by atoms with E-state index in [2.05, 4.69) is 63.2 Å². The van der Waals surface area contributed by atoms with Crippen molar-refractivity contribution in [2.75, 3.05) is 48.9 Å². The molecule has 0 saturated carbocycles. The van der Waals surface area contributed by atoms with Gasteiger partial charge in [0.25, 0.3) is 0 Å². The molecule has 4 nitrogen and oxygen atoms in total. The minimum absolute atomic E-state index is 0.832. The SMILES string of the molecule is CCCCO[P+](N(C)C)(N(C)C)N(C)C. The molecule has 0 aliphatic carbocycles. The Hall–Kier alpha value is 0.270. The normalized spacial score (nSPS) is 13.2. The van der Waals surface area contributed by atoms with Crippen LogP contribution < -0.4 is 0 Å². The quantitative estimate of drug-likeness (QED) is 0.498. The largest absolute Gasteiger partial charge is 0.369 e. The van der Waals surface area contributed by atoms with Gasteiger partial charge in [-0.2, -0.15) is 4.52 Å². The topological polar surface area (TPSA) is 19.0 Å². The predicted octanol–water partition coefficient (Wildman–Crippen LogP) is 2.17. The van der Waals surface area contributed by atoms with Crippen molar-refractivity contribution in [1.29, 1.82) is 0 Å². The van der Waals surface area contributed by atoms with Crippen LogP contribution in [-0.4, -0.2) is 62.9 Å². The molecular formula is C10H27N3OP+. The van der Waals surface area contributed by atoms with E-state index >= 15 is 0 Å². The fourth-order valence-corrected chi connectivity index (χ4v) is 4.96. The van der Waals surface area contributed by atoms with E-state index in [9.17, 15) is 0 Å². The first-order valence-corrected chi connectivity index (χ1v) is 7.03. The second-order valence-corrected chi connectivity index (χ2v) is 7.93. The molecule has 0 aliphatic rings. The lowest BCUT2D eigenvalue weighted by atomic mass is 10.4. The van der Waals surface area contributed by atoms with Crippen LogP contribution in [0.5, 0.6) is 0 Å². The van der Waals surface area contributed by atoms with Crippen molar-refractivity contribution >= 4 is 7.94 Å². The van der Waals surface area contributed by atoms with Crippen molar-refractivity contribution in [3.63, 3.8) is 0 Å². The summed E-state index contributed by atoms with van der Waals surface area (Å²) in [4.78, 5) is 0. The van der Waals surface area contributed by atoms with Crippen LogP contribution in [0.2, 0.25) is 0 Å². The van der Waals surface area contributed by atoms with Gasteiger partial charge in [-0.1, -0.05) is 13.3 Å². The maximum Gasteiger partial charge on any atom is 0.369 e. The molecule has 0 rings (SSSR count). The highest BCUT2D eigenvalue weighted by atomic mass is 31.2. The van der Waals surface area contributed by atoms with Gasteiger partial charge in [0, 0.05) is 42.3 Å². The zero-order valence-corrected chi connectivity index (χ0v) is 12.2. The fourth-order valence-electron chi connectivity index (χ4n) is 1.75. The van der Waals surface area contributed by atoms with E-state index in [0.717, 1.165) is 13.0 Å². The van der Waals surface area contributed by atoms with Gasteiger partial charge < -0.3 is 0 Å². The molecule has 0 spiro atoms. The average molecular weight is 236 g/mol. The molecule has 0 aromatic heterocycles. The molecular weight excluding hydrogens is 209 g/mol. The second-order valence-electron chi connectivity index (χ2n) is 4.24. The molecule has 0 amide bonds. The first-order valence-electron chi connectivity index (χ1n) is 5.46. The van der Waals surface area contributed by atoms with Gasteiger partial charge in [0.1, 0.15) is 0 Å². The summed E-state index contributed by atoms with van der Waals surface area (Å²) in [6.45, 7) is 3.02. The molecule has 5 heteroatoms. The van der Waals surface area contributed by atoms with Crippen molar-refractivity contribution < 1.29 is 4.52 Å². The first kappa shape index (κ1) is 15.3. The summed E-state index contributed by atoms with van der Waals surface area (Å²) < 4.78 is 12.7. The lowest BCUT2D eigenvalue weighted by Gasteiger charge is -2.37. The summed E-state index contributed by atoms with van der Waals surface area (Å²) in [5, 5.41) is 0. The van der Waals surface area contributed by atoms with Crippen molar-refractivity contribution in [2.45, 2.75) is 19.8 Å². The summed E-state index contributed by atoms with van der Waals surface area (Å²) in [5.74, 6) is 0. The van der Waals surface area contributed by atoms with Gasteiger partial charge in [-0.15, -0.1) is 14.0 Å². The van der Waals surface area contributed by atoms with Gasteiger partial charge >= 0.3 is 7.94 Å². The highest BCUT2D eigenvalue weighted by molar-refractivity contribution is 7.64. The molecule has 0 heterocycles. The zero-order chi connectivity index (χ0) is 12.1. The van der Waals surface area contributed by atoms with E-state index in [0.29, 0.717) is 0 Å². The monoisotopic (exact) mass is 236 g/mol. The van der Waals surface area contributed by atoms with Crippen molar-refractivity contribution in [1.82, 2.24) is 14.0 Å². The molecule has 0 fully saturated rings. The first-order chi connectivity index (χ1) is 6.89. The number of unbranched alkanes of at least 4 members (excludes halogenated alkanes) is 1. The average Bonchev–Trinajstić information content (AvgIpc) is 2.10. The Balaban J connectivity index is 4.65. The van der Waals surface area contributed by atoms with Gasteiger partial charge in [0.15, 0.2) is 0 Å². The van der Waals surface area contributed by atoms with Crippen LogP contribution in [0.3, 0.4) is 0 Å². The molecule has 0 saturated heterocycles. The molecule has 0 bridgehead atoms. The number of hydrogen-bond donors (Lipinski definition) is 0. The maximum atomic E-state index is 6.14. The summed E-state index contributed by atoms with van der Waals surface area (Å²) in [6, 6.07) is 0. The highest BCUT2D eigenvalue weighted by Crippen LogP contribution is 2.64. The molecule has 0 unspecified atom stereocenters. The summed E-state index contributed by atoms with van der Waals surface area (Å²) in [6.07, 6.45) is 2.30. The van der Waals surface area contributed by atoms with Crippen molar-refractivity contribution in [3.05, 3.63) is 0 Å². The van der Waals surface area contributed by atoms with E-state index in [-0.39, 0.29) is 0 Å². The van der Waals surface area contributed by atoms with Crippen LogP contribution in [0, 0.1) is 0 Å². The minimum Gasteiger partial charge on any atom is -0.181 e. The molecule has 0 aromatic rings. The Bertz CT molecular complexity index is 152. The summed E-state index contributed by atoms with van der Waals surface area (Å²) in [7, 11) is 10.8. The van der Waals surface area contributed by atoms with Gasteiger partial charge in [0.2, 0.25) is 0 Å². The third-order valence-electron chi connectivity index (χ3n) is 2.33. The Labute approximate surface area is 95.8 Å². The van der Waals surface area contributed by atoms with Gasteiger partial charge in [-0.05, 0) is 6.42 Å². The molecule has 0 aromatic carbocycles. The van der Waals surface area contributed by atoms with Crippen LogP contribution in [0.4, 0.5) is 0 Å². The zero-order valence-electron chi connectivity index (χ0n) is 11.3. The number of nitrogens with zero attached hydrogens (tertiary/aromatic N) is 3. The van der Waals surface area contributed by atoms with Gasteiger partial charge in [-0.3, -0.25) is 0 Å². The third-order valence-corrected chi connectivity index (χ3v) is 5.98. The predicted molar refractivity (Wildman–Crippen MR) is 68.8 cm³/mol. The van der Waals surface area contributed by atoms with Crippen LogP contribution in [0.15, 0.2) is 0 Å². The second kappa shape index (κ2) is 6.77. The van der Waals surface area contributed by atoms with E-state index < -0.39 is 7.94 Å². The molecule has 0 atom stereocenters. The van der Waals surface area contributed by atoms with E-state index in [1.807, 2.05) is 0 Å². The Morgan fingerprint density at radius 3 is 1.53 bits per heavy atom. The standard InChI is InChI=1S/C10H27N3OP/c1-8-9-10-14-15(11(2)3,12(4)5)13(6)7/h8-10H2,1-7H3/q+1. The molecule has 0 N–H and O–H groups in total. The molecule has 0 aliphatic heterocycles. The minimum atomic E-state index is -1.74. The molecule has 15 heavy (non-hydrogen) atoms. The Kier molecular flexibility index (Phi) is 6.89. The van der Waals surface area contributed by atoms with Gasteiger partial charge in [0.05, 0.1) is 6.61 Å². The Morgan fingerprint density at radius 1 is 0.867 bits per heavy atom. The van der Waals surface area contributed by atoms with E-state index in [1.165, 1.54) is 6.42 Å². The number of hydrogen-bond acceptors (Lipinski definition) is 4. The highest BCUT2D eigenvalue weighted by Gasteiger charge is 2.50. The van der Waals surface area contributed by atoms with Crippen molar-refractivity contribution in [3.8, 4) is 0 Å². The Morgan fingerprint density at radius 2 is 1.27 bits per heavy atom. The van der Waals surface area contributed by atoms with Gasteiger partial charge in [-0.25, -0.2) is 0 Å². The van der Waals surface area contributed by atoms with Crippen LogP contribution in [0.1, 0.15) is 19.8 Å². The number of rotatable bonds is 7. The van der Waals surface area contributed by atoms with E-state index in [4.69, 9.17) is 4.52 Å². The van der Waals surface area contributed by atoms with Crippen molar-refractivity contribution in [2.24, 2.45) is 0 Å². The maximum absolute atomic E-state index is 6.14.